The molecule has 2 N–H and O–H groups in total. The molecule has 21 heavy (non-hydrogen) atoms. The first kappa shape index (κ1) is 16.9. The van der Waals surface area contributed by atoms with E-state index in [4.69, 9.17) is 11.0 Å². The summed E-state index contributed by atoms with van der Waals surface area (Å²) in [5.74, 6) is -0.397. The van der Waals surface area contributed by atoms with Crippen molar-refractivity contribution >= 4 is 21.7 Å². The highest BCUT2D eigenvalue weighted by molar-refractivity contribution is 7.89. The van der Waals surface area contributed by atoms with Crippen molar-refractivity contribution in [2.75, 3.05) is 26.4 Å². The number of hydrogen-bond acceptors (Lipinski definition) is 6. The summed E-state index contributed by atoms with van der Waals surface area (Å²) >= 11 is 0. The Hall–Kier alpha value is -2.11. The molecule has 0 saturated carbocycles. The molecule has 0 aromatic heterocycles. The number of sulfonamides is 1. The lowest BCUT2D eigenvalue weighted by Gasteiger charge is -2.17. The monoisotopic (exact) mass is 311 g/mol. The van der Waals surface area contributed by atoms with E-state index in [0.29, 0.717) is 12.1 Å². The van der Waals surface area contributed by atoms with Crippen molar-refractivity contribution in [3.8, 4) is 6.07 Å². The molecule has 0 heterocycles. The van der Waals surface area contributed by atoms with Crippen molar-refractivity contribution in [2.24, 2.45) is 0 Å². The largest absolute Gasteiger partial charge is 0.469 e. The number of anilines is 1. The molecule has 0 saturated heterocycles. The summed E-state index contributed by atoms with van der Waals surface area (Å²) in [6.45, 7) is 0.146. The maximum atomic E-state index is 12.4. The third-order valence-electron chi connectivity index (χ3n) is 2.89. The molecule has 0 atom stereocenters. The Morgan fingerprint density at radius 1 is 1.48 bits per heavy atom. The predicted molar refractivity (Wildman–Crippen MR) is 76.6 cm³/mol. The number of nitrogens with two attached hydrogens (primary N) is 1. The van der Waals surface area contributed by atoms with Crippen molar-refractivity contribution < 1.29 is 17.9 Å². The van der Waals surface area contributed by atoms with Gasteiger partial charge < -0.3 is 10.5 Å². The van der Waals surface area contributed by atoms with Gasteiger partial charge >= 0.3 is 5.97 Å². The maximum absolute atomic E-state index is 12.4. The molecule has 7 nitrogen and oxygen atoms in total. The molecule has 1 rings (SSSR count). The number of ether oxygens (including phenoxy) is 1. The highest BCUT2D eigenvalue weighted by Crippen LogP contribution is 2.21. The fourth-order valence-corrected chi connectivity index (χ4v) is 3.02. The quantitative estimate of drug-likeness (QED) is 0.611. The third kappa shape index (κ3) is 4.18. The van der Waals surface area contributed by atoms with Crippen LogP contribution < -0.4 is 5.73 Å². The van der Waals surface area contributed by atoms with Crippen molar-refractivity contribution in [1.82, 2.24) is 4.31 Å². The van der Waals surface area contributed by atoms with E-state index < -0.39 is 16.0 Å². The minimum absolute atomic E-state index is 0.00480. The third-order valence-corrected chi connectivity index (χ3v) is 4.81. The van der Waals surface area contributed by atoms with Crippen LogP contribution in [0.2, 0.25) is 0 Å². The summed E-state index contributed by atoms with van der Waals surface area (Å²) in [7, 11) is -1.13. The Kier molecular flexibility index (Phi) is 5.69. The minimum Gasteiger partial charge on any atom is -0.469 e. The Labute approximate surface area is 124 Å². The van der Waals surface area contributed by atoms with Gasteiger partial charge in [-0.25, -0.2) is 12.7 Å². The molecule has 0 fully saturated rings. The summed E-state index contributed by atoms with van der Waals surface area (Å²) in [4.78, 5) is 10.9. The molecule has 0 spiro atoms. The summed E-state index contributed by atoms with van der Waals surface area (Å²) in [6.07, 6.45) is 0.461. The molecule has 0 amide bonds. The predicted octanol–water partition coefficient (Wildman–Crippen LogP) is 0.714. The van der Waals surface area contributed by atoms with Gasteiger partial charge in [-0.05, 0) is 24.6 Å². The van der Waals surface area contributed by atoms with Crippen LogP contribution in [0.3, 0.4) is 0 Å². The topological polar surface area (TPSA) is 113 Å². The van der Waals surface area contributed by atoms with Crippen LogP contribution in [-0.4, -0.2) is 39.4 Å². The molecular weight excluding hydrogens is 294 g/mol. The number of carbonyl (C=O) groups is 1. The average molecular weight is 311 g/mol. The van der Waals surface area contributed by atoms with Gasteiger partial charge in [0.2, 0.25) is 10.0 Å². The Bertz CT molecular complexity index is 664. The molecule has 0 aliphatic carbocycles. The molecule has 8 heteroatoms. The van der Waals surface area contributed by atoms with Gasteiger partial charge in [-0.2, -0.15) is 5.26 Å². The highest BCUT2D eigenvalue weighted by Gasteiger charge is 2.24. The second-order valence-corrected chi connectivity index (χ2v) is 6.39. The second-order valence-electron chi connectivity index (χ2n) is 4.37. The van der Waals surface area contributed by atoms with E-state index in [-0.39, 0.29) is 23.4 Å². The number of nitriles is 1. The van der Waals surface area contributed by atoms with Crippen LogP contribution in [0.1, 0.15) is 18.4 Å². The first-order chi connectivity index (χ1) is 9.82. The molecule has 0 radical (unpaired) electrons. The van der Waals surface area contributed by atoms with Crippen LogP contribution in [-0.2, 0) is 19.6 Å². The van der Waals surface area contributed by atoms with E-state index in [1.165, 1.54) is 32.4 Å². The van der Waals surface area contributed by atoms with E-state index in [2.05, 4.69) is 4.74 Å². The molecule has 0 unspecified atom stereocenters. The number of nitrogen functional groups attached to an aromatic ring is 1. The molecule has 1 aromatic carbocycles. The van der Waals surface area contributed by atoms with Gasteiger partial charge in [0.05, 0.1) is 12.7 Å². The zero-order valence-electron chi connectivity index (χ0n) is 11.9. The van der Waals surface area contributed by atoms with E-state index in [9.17, 15) is 13.2 Å². The van der Waals surface area contributed by atoms with Crippen molar-refractivity contribution in [3.63, 3.8) is 0 Å². The Morgan fingerprint density at radius 3 is 2.71 bits per heavy atom. The number of benzene rings is 1. The normalized spacial score (nSPS) is 11.1. The fraction of sp³-hybridized carbons (Fsp3) is 0.385. The molecule has 0 aliphatic heterocycles. The van der Waals surface area contributed by atoms with Crippen molar-refractivity contribution in [3.05, 3.63) is 23.8 Å². The van der Waals surface area contributed by atoms with Crippen LogP contribution >= 0.6 is 0 Å². The standard InChI is InChI=1S/C13H17N3O4S/c1-16(7-3-4-13(17)20-2)21(18,19)12-6-5-11(15)8-10(12)9-14/h5-6,8H,3-4,7,15H2,1-2H3. The maximum Gasteiger partial charge on any atom is 0.305 e. The van der Waals surface area contributed by atoms with E-state index in [0.717, 1.165) is 4.31 Å². The zero-order chi connectivity index (χ0) is 16.0. The Morgan fingerprint density at radius 2 is 2.14 bits per heavy atom. The number of nitrogens with zero attached hydrogens (tertiary/aromatic N) is 2. The van der Waals surface area contributed by atoms with Crippen LogP contribution in [0.15, 0.2) is 23.1 Å². The molecule has 114 valence electrons. The lowest BCUT2D eigenvalue weighted by Crippen LogP contribution is -2.29. The van der Waals surface area contributed by atoms with Gasteiger partial charge in [0, 0.05) is 25.7 Å². The Balaban J connectivity index is 2.91. The first-order valence-electron chi connectivity index (χ1n) is 6.15. The van der Waals surface area contributed by atoms with Gasteiger partial charge in [-0.15, -0.1) is 0 Å². The lowest BCUT2D eigenvalue weighted by atomic mass is 10.2. The highest BCUT2D eigenvalue weighted by atomic mass is 32.2. The lowest BCUT2D eigenvalue weighted by molar-refractivity contribution is -0.140. The molecule has 0 aliphatic rings. The molecule has 1 aromatic rings. The van der Waals surface area contributed by atoms with Gasteiger partial charge in [-0.1, -0.05) is 0 Å². The smallest absolute Gasteiger partial charge is 0.305 e. The number of esters is 1. The molecule has 0 bridgehead atoms. The number of methoxy groups -OCH3 is 1. The number of rotatable bonds is 6. The van der Waals surface area contributed by atoms with Crippen LogP contribution in [0.5, 0.6) is 0 Å². The van der Waals surface area contributed by atoms with Crippen molar-refractivity contribution in [2.45, 2.75) is 17.7 Å². The summed E-state index contributed by atoms with van der Waals surface area (Å²) in [6, 6.07) is 5.87. The summed E-state index contributed by atoms with van der Waals surface area (Å²) in [5.41, 5.74) is 5.85. The van der Waals surface area contributed by atoms with Crippen LogP contribution in [0, 0.1) is 11.3 Å². The summed E-state index contributed by atoms with van der Waals surface area (Å²) in [5, 5.41) is 9.02. The van der Waals surface area contributed by atoms with Gasteiger partial charge in [-0.3, -0.25) is 4.79 Å². The average Bonchev–Trinajstić information content (AvgIpc) is 2.46. The first-order valence-corrected chi connectivity index (χ1v) is 7.59. The second kappa shape index (κ2) is 7.06. The van der Waals surface area contributed by atoms with Gasteiger partial charge in [0.15, 0.2) is 0 Å². The zero-order valence-corrected chi connectivity index (χ0v) is 12.7. The van der Waals surface area contributed by atoms with E-state index >= 15 is 0 Å². The van der Waals surface area contributed by atoms with Gasteiger partial charge in [0.25, 0.3) is 0 Å². The van der Waals surface area contributed by atoms with E-state index in [1.54, 1.807) is 0 Å². The summed E-state index contributed by atoms with van der Waals surface area (Å²) < 4.78 is 30.4. The van der Waals surface area contributed by atoms with Crippen LogP contribution in [0.25, 0.3) is 0 Å². The van der Waals surface area contributed by atoms with Gasteiger partial charge in [0.1, 0.15) is 11.0 Å². The minimum atomic E-state index is -3.80. The van der Waals surface area contributed by atoms with Crippen LogP contribution in [0.4, 0.5) is 5.69 Å². The number of carbonyl (C=O) groups excluding carboxylic acids is 1. The molecular formula is C13H17N3O4S. The SMILES string of the molecule is COC(=O)CCCN(C)S(=O)(=O)c1ccc(N)cc1C#N. The van der Waals surface area contributed by atoms with Crippen molar-refractivity contribution in [1.29, 1.82) is 5.26 Å². The van der Waals surface area contributed by atoms with E-state index in [1.807, 2.05) is 6.07 Å². The fourth-order valence-electron chi connectivity index (χ4n) is 1.70. The number of hydrogen-bond donors (Lipinski definition) is 1.